The summed E-state index contributed by atoms with van der Waals surface area (Å²) < 4.78 is 39.3. The van der Waals surface area contributed by atoms with E-state index in [1.807, 2.05) is 0 Å². The quantitative estimate of drug-likeness (QED) is 0.855. The van der Waals surface area contributed by atoms with Crippen LogP contribution in [-0.4, -0.2) is 25.5 Å². The van der Waals surface area contributed by atoms with Crippen molar-refractivity contribution in [3.63, 3.8) is 0 Å². The maximum Gasteiger partial charge on any atom is 0.418 e. The molecular formula is C15H18ClF3N2O. The van der Waals surface area contributed by atoms with E-state index in [1.54, 1.807) is 6.07 Å². The summed E-state index contributed by atoms with van der Waals surface area (Å²) in [5.74, 6) is -0.152. The molecule has 0 radical (unpaired) electrons. The first-order valence-corrected chi connectivity index (χ1v) is 7.13. The first-order chi connectivity index (χ1) is 9.94. The number of carbonyl (C=O) groups excluding carboxylic acids is 1. The molecule has 1 aromatic rings. The minimum atomic E-state index is -4.44. The summed E-state index contributed by atoms with van der Waals surface area (Å²) in [7, 11) is 0. The summed E-state index contributed by atoms with van der Waals surface area (Å²) in [6.07, 6.45) is -2.40. The van der Waals surface area contributed by atoms with Gasteiger partial charge >= 0.3 is 6.18 Å². The molecule has 22 heavy (non-hydrogen) atoms. The number of amides is 1. The van der Waals surface area contributed by atoms with Crippen LogP contribution in [0.25, 0.3) is 0 Å². The van der Waals surface area contributed by atoms with Gasteiger partial charge in [0.15, 0.2) is 0 Å². The topological polar surface area (TPSA) is 32.3 Å². The second-order valence-electron chi connectivity index (χ2n) is 5.75. The van der Waals surface area contributed by atoms with Gasteiger partial charge < -0.3 is 10.2 Å². The van der Waals surface area contributed by atoms with Gasteiger partial charge in [-0.1, -0.05) is 12.1 Å². The number of carbonyl (C=O) groups is 1. The van der Waals surface area contributed by atoms with E-state index < -0.39 is 17.2 Å². The zero-order valence-corrected chi connectivity index (χ0v) is 12.8. The highest BCUT2D eigenvalue weighted by Crippen LogP contribution is 2.44. The van der Waals surface area contributed by atoms with E-state index in [-0.39, 0.29) is 24.0 Å². The lowest BCUT2D eigenvalue weighted by Gasteiger charge is -2.32. The number of hydrogen-bond acceptors (Lipinski definition) is 2. The molecule has 122 valence electrons. The van der Waals surface area contributed by atoms with Crippen LogP contribution in [0.3, 0.4) is 0 Å². The molecule has 2 fully saturated rings. The number of nitrogens with one attached hydrogen (secondary N) is 1. The van der Waals surface area contributed by atoms with E-state index in [4.69, 9.17) is 0 Å². The molecule has 1 spiro atoms. The molecular weight excluding hydrogens is 317 g/mol. The molecule has 0 unspecified atom stereocenters. The number of nitrogens with zero attached hydrogens (tertiary/aromatic N) is 1. The minimum absolute atomic E-state index is 0. The van der Waals surface area contributed by atoms with Crippen molar-refractivity contribution >= 4 is 24.0 Å². The number of alkyl halides is 3. The summed E-state index contributed by atoms with van der Waals surface area (Å²) in [6, 6.07) is 5.33. The lowest BCUT2D eigenvalue weighted by atomic mass is 9.77. The summed E-state index contributed by atoms with van der Waals surface area (Å²) in [5.41, 5.74) is -1.21. The molecule has 1 amide bonds. The summed E-state index contributed by atoms with van der Waals surface area (Å²) in [6.45, 7) is 1.87. The molecule has 2 saturated heterocycles. The van der Waals surface area contributed by atoms with E-state index >= 15 is 0 Å². The highest BCUT2D eigenvalue weighted by atomic mass is 35.5. The van der Waals surface area contributed by atoms with Crippen LogP contribution in [0.1, 0.15) is 24.8 Å². The minimum Gasteiger partial charge on any atom is -0.317 e. The maximum atomic E-state index is 13.1. The monoisotopic (exact) mass is 334 g/mol. The Hall–Kier alpha value is -1.27. The SMILES string of the molecule is Cl.O=C1N(c2ccccc2C(F)(F)F)CCC12CCNCC2. The van der Waals surface area contributed by atoms with Gasteiger partial charge in [-0.05, 0) is 44.5 Å². The van der Waals surface area contributed by atoms with Crippen molar-refractivity contribution in [2.24, 2.45) is 5.41 Å². The average Bonchev–Trinajstić information content (AvgIpc) is 2.76. The van der Waals surface area contributed by atoms with Gasteiger partial charge in [0.25, 0.3) is 0 Å². The first kappa shape index (κ1) is 17.1. The third-order valence-electron chi connectivity index (χ3n) is 4.57. The van der Waals surface area contributed by atoms with E-state index in [0.29, 0.717) is 25.8 Å². The van der Waals surface area contributed by atoms with E-state index in [1.165, 1.54) is 17.0 Å². The number of anilines is 1. The fourth-order valence-electron chi connectivity index (χ4n) is 3.37. The Morgan fingerprint density at radius 2 is 1.73 bits per heavy atom. The van der Waals surface area contributed by atoms with Crippen molar-refractivity contribution in [1.29, 1.82) is 0 Å². The van der Waals surface area contributed by atoms with Crippen molar-refractivity contribution < 1.29 is 18.0 Å². The van der Waals surface area contributed by atoms with Crippen LogP contribution in [-0.2, 0) is 11.0 Å². The largest absolute Gasteiger partial charge is 0.418 e. The number of benzene rings is 1. The smallest absolute Gasteiger partial charge is 0.317 e. The Labute approximate surface area is 133 Å². The lowest BCUT2D eigenvalue weighted by Crippen LogP contribution is -2.43. The molecule has 2 aliphatic rings. The van der Waals surface area contributed by atoms with Crippen LogP contribution in [0.4, 0.5) is 18.9 Å². The summed E-state index contributed by atoms with van der Waals surface area (Å²) in [5, 5.41) is 3.20. The molecule has 0 saturated carbocycles. The highest BCUT2D eigenvalue weighted by Gasteiger charge is 2.48. The fourth-order valence-corrected chi connectivity index (χ4v) is 3.37. The third-order valence-corrected chi connectivity index (χ3v) is 4.57. The molecule has 1 N–H and O–H groups in total. The molecule has 0 atom stereocenters. The summed E-state index contributed by atoms with van der Waals surface area (Å²) in [4.78, 5) is 14.0. The molecule has 2 heterocycles. The van der Waals surface area contributed by atoms with Gasteiger partial charge in [0, 0.05) is 6.54 Å². The van der Waals surface area contributed by atoms with Crippen LogP contribution in [0, 0.1) is 5.41 Å². The highest BCUT2D eigenvalue weighted by molar-refractivity contribution is 6.00. The molecule has 0 aromatic heterocycles. The van der Waals surface area contributed by atoms with Crippen molar-refractivity contribution in [2.75, 3.05) is 24.5 Å². The second kappa shape index (κ2) is 6.08. The van der Waals surface area contributed by atoms with Gasteiger partial charge in [0.1, 0.15) is 0 Å². The molecule has 7 heteroatoms. The van der Waals surface area contributed by atoms with Gasteiger partial charge in [-0.15, -0.1) is 12.4 Å². The van der Waals surface area contributed by atoms with Gasteiger partial charge in [-0.2, -0.15) is 13.2 Å². The van der Waals surface area contributed by atoms with Crippen LogP contribution in [0.15, 0.2) is 24.3 Å². The number of halogens is 4. The zero-order chi connectivity index (χ0) is 15.1. The van der Waals surface area contributed by atoms with Crippen LogP contribution < -0.4 is 10.2 Å². The van der Waals surface area contributed by atoms with Crippen LogP contribution >= 0.6 is 12.4 Å². The molecule has 2 aliphatic heterocycles. The lowest BCUT2D eigenvalue weighted by molar-refractivity contribution is -0.137. The van der Waals surface area contributed by atoms with Gasteiger partial charge in [-0.25, -0.2) is 0 Å². The number of piperidine rings is 1. The van der Waals surface area contributed by atoms with E-state index in [0.717, 1.165) is 19.2 Å². The maximum absolute atomic E-state index is 13.1. The normalized spacial score (nSPS) is 21.0. The Kier molecular flexibility index (Phi) is 4.73. The fraction of sp³-hybridized carbons (Fsp3) is 0.533. The van der Waals surface area contributed by atoms with Gasteiger partial charge in [0.05, 0.1) is 16.7 Å². The Bertz CT molecular complexity index is 556. The summed E-state index contributed by atoms with van der Waals surface area (Å²) >= 11 is 0. The van der Waals surface area contributed by atoms with Crippen LogP contribution in [0.2, 0.25) is 0 Å². The van der Waals surface area contributed by atoms with Crippen molar-refractivity contribution in [1.82, 2.24) is 5.32 Å². The van der Waals surface area contributed by atoms with Crippen LogP contribution in [0.5, 0.6) is 0 Å². The first-order valence-electron chi connectivity index (χ1n) is 7.13. The standard InChI is InChI=1S/C15H17F3N2O.ClH/c16-15(17,18)11-3-1-2-4-12(11)20-10-7-14(13(20)21)5-8-19-9-6-14;/h1-4,19H,5-10H2;1H. The number of para-hydroxylation sites is 1. The average molecular weight is 335 g/mol. The predicted octanol–water partition coefficient (Wildman–Crippen LogP) is 3.23. The molecule has 0 aliphatic carbocycles. The van der Waals surface area contributed by atoms with E-state index in [2.05, 4.69) is 5.32 Å². The Morgan fingerprint density at radius 1 is 1.09 bits per heavy atom. The van der Waals surface area contributed by atoms with Gasteiger partial charge in [0.2, 0.25) is 5.91 Å². The Morgan fingerprint density at radius 3 is 2.36 bits per heavy atom. The third kappa shape index (κ3) is 2.82. The molecule has 0 bridgehead atoms. The zero-order valence-electron chi connectivity index (χ0n) is 11.9. The Balaban J connectivity index is 0.00000176. The van der Waals surface area contributed by atoms with E-state index in [9.17, 15) is 18.0 Å². The van der Waals surface area contributed by atoms with Crippen molar-refractivity contribution in [2.45, 2.75) is 25.4 Å². The van der Waals surface area contributed by atoms with Crippen molar-refractivity contribution in [3.05, 3.63) is 29.8 Å². The van der Waals surface area contributed by atoms with Gasteiger partial charge in [-0.3, -0.25) is 4.79 Å². The molecule has 3 rings (SSSR count). The predicted molar refractivity (Wildman–Crippen MR) is 80.2 cm³/mol. The second-order valence-corrected chi connectivity index (χ2v) is 5.75. The van der Waals surface area contributed by atoms with Crippen molar-refractivity contribution in [3.8, 4) is 0 Å². The number of rotatable bonds is 1. The molecule has 1 aromatic carbocycles. The number of hydrogen-bond donors (Lipinski definition) is 1. The molecule has 3 nitrogen and oxygen atoms in total.